The first-order valence-corrected chi connectivity index (χ1v) is 7.78. The number of rotatable bonds is 7. The Balaban J connectivity index is 1.81. The second kappa shape index (κ2) is 7.18. The molecule has 0 atom stereocenters. The Morgan fingerprint density at radius 1 is 1.22 bits per heavy atom. The maximum absolute atomic E-state index is 5.75. The van der Waals surface area contributed by atoms with Crippen LogP contribution >= 0.6 is 0 Å². The number of ether oxygens (including phenoxy) is 3. The Morgan fingerprint density at radius 2 is 2.04 bits per heavy atom. The van der Waals surface area contributed by atoms with Crippen LogP contribution in [0.4, 0.5) is 5.69 Å². The molecule has 2 aromatic carbocycles. The van der Waals surface area contributed by atoms with Crippen molar-refractivity contribution in [3.05, 3.63) is 60.7 Å². The van der Waals surface area contributed by atoms with Crippen LogP contribution in [0.1, 0.15) is 5.56 Å². The summed E-state index contributed by atoms with van der Waals surface area (Å²) in [5.74, 6) is 2.50. The molecule has 2 aromatic rings. The summed E-state index contributed by atoms with van der Waals surface area (Å²) in [4.78, 5) is 2.28. The van der Waals surface area contributed by atoms with Crippen LogP contribution in [0.5, 0.6) is 17.2 Å². The van der Waals surface area contributed by atoms with Crippen molar-refractivity contribution in [1.82, 2.24) is 0 Å². The fourth-order valence-corrected chi connectivity index (χ4v) is 2.60. The molecular formula is C17H19B2NO3. The fourth-order valence-electron chi connectivity index (χ4n) is 2.60. The number of hydrogen-bond acceptors (Lipinski definition) is 4. The first-order chi connectivity index (χ1) is 11.3. The number of hydrogen-bond donors (Lipinski definition) is 0. The van der Waals surface area contributed by atoms with Gasteiger partial charge in [-0.25, -0.2) is 0 Å². The standard InChI is InChI=1S/C17H19B2NO3/c1-2-9-21-15-6-4-3-5-13(15)11-20(19-18)14-7-8-16-17(10-14)23-12-22-16/h2-8,10,19H,1,9,11-12,18H2. The SMILES string of the molecule is BBN(Cc1ccccc1OCC=C)c1ccc2c(c1)OCO2. The summed E-state index contributed by atoms with van der Waals surface area (Å²) in [6, 6.07) is 14.1. The average molecular weight is 307 g/mol. The highest BCUT2D eigenvalue weighted by atomic mass is 16.7. The van der Waals surface area contributed by atoms with E-state index in [9.17, 15) is 0 Å². The van der Waals surface area contributed by atoms with Gasteiger partial charge in [0.15, 0.2) is 18.8 Å². The summed E-state index contributed by atoms with van der Waals surface area (Å²) in [5, 5.41) is 0. The zero-order valence-corrected chi connectivity index (χ0v) is 13.3. The maximum atomic E-state index is 5.75. The minimum Gasteiger partial charge on any atom is -0.489 e. The molecule has 0 spiro atoms. The third-order valence-corrected chi connectivity index (χ3v) is 3.79. The molecule has 0 unspecified atom stereocenters. The molecule has 0 aliphatic carbocycles. The molecule has 6 heteroatoms. The van der Waals surface area contributed by atoms with E-state index in [4.69, 9.17) is 14.2 Å². The van der Waals surface area contributed by atoms with Gasteiger partial charge >= 0.3 is 0 Å². The van der Waals surface area contributed by atoms with Crippen LogP contribution in [0.25, 0.3) is 0 Å². The van der Waals surface area contributed by atoms with Gasteiger partial charge in [0.25, 0.3) is 0 Å². The number of benzene rings is 2. The van der Waals surface area contributed by atoms with Crippen molar-refractivity contribution in [3.63, 3.8) is 0 Å². The van der Waals surface area contributed by atoms with E-state index >= 15 is 0 Å². The summed E-state index contributed by atoms with van der Waals surface area (Å²) >= 11 is 0. The van der Waals surface area contributed by atoms with Gasteiger partial charge in [-0.2, -0.15) is 0 Å². The molecular weight excluding hydrogens is 288 g/mol. The third-order valence-electron chi connectivity index (χ3n) is 3.79. The van der Waals surface area contributed by atoms with E-state index in [0.717, 1.165) is 42.3 Å². The largest absolute Gasteiger partial charge is 0.489 e. The first kappa shape index (κ1) is 15.4. The molecule has 0 radical (unpaired) electrons. The molecule has 1 aliphatic rings. The van der Waals surface area contributed by atoms with Crippen LogP contribution in [-0.2, 0) is 6.54 Å². The zero-order valence-electron chi connectivity index (χ0n) is 13.3. The molecule has 0 aromatic heterocycles. The lowest BCUT2D eigenvalue weighted by molar-refractivity contribution is 0.174. The van der Waals surface area contributed by atoms with E-state index in [0.29, 0.717) is 13.4 Å². The summed E-state index contributed by atoms with van der Waals surface area (Å²) in [7, 11) is 3.02. The highest BCUT2D eigenvalue weighted by Crippen LogP contribution is 2.36. The van der Waals surface area contributed by atoms with Gasteiger partial charge in [-0.3, -0.25) is 0 Å². The van der Waals surface area contributed by atoms with E-state index in [2.05, 4.69) is 31.3 Å². The minimum absolute atomic E-state index is 0.295. The summed E-state index contributed by atoms with van der Waals surface area (Å²) in [6.45, 7) is 5.27. The Kier molecular flexibility index (Phi) is 4.81. The first-order valence-electron chi connectivity index (χ1n) is 7.78. The van der Waals surface area contributed by atoms with Crippen molar-refractivity contribution in [1.29, 1.82) is 0 Å². The number of nitrogens with zero attached hydrogens (tertiary/aromatic N) is 1. The fraction of sp³-hybridized carbons (Fsp3) is 0.176. The number of para-hydroxylation sites is 1. The van der Waals surface area contributed by atoms with Crippen LogP contribution in [-0.4, -0.2) is 28.4 Å². The van der Waals surface area contributed by atoms with Crippen molar-refractivity contribution in [3.8, 4) is 17.2 Å². The lowest BCUT2D eigenvalue weighted by atomic mass is 9.64. The van der Waals surface area contributed by atoms with E-state index in [1.165, 1.54) is 0 Å². The quantitative estimate of drug-likeness (QED) is 0.577. The molecule has 0 N–H and O–H groups in total. The molecule has 0 saturated heterocycles. The van der Waals surface area contributed by atoms with E-state index in [1.807, 2.05) is 30.3 Å². The Hall–Kier alpha value is -2.49. The van der Waals surface area contributed by atoms with Crippen molar-refractivity contribution < 1.29 is 14.2 Å². The normalized spacial score (nSPS) is 11.8. The average Bonchev–Trinajstić information content (AvgIpc) is 3.06. The molecule has 4 nitrogen and oxygen atoms in total. The number of anilines is 1. The third kappa shape index (κ3) is 3.47. The molecule has 0 fully saturated rings. The van der Waals surface area contributed by atoms with Crippen molar-refractivity contribution in [2.24, 2.45) is 0 Å². The van der Waals surface area contributed by atoms with Crippen LogP contribution in [0, 0.1) is 0 Å². The summed E-state index contributed by atoms with van der Waals surface area (Å²) in [6.07, 6.45) is 1.76. The molecule has 3 rings (SSSR count). The van der Waals surface area contributed by atoms with Gasteiger partial charge in [0.1, 0.15) is 12.4 Å². The highest BCUT2D eigenvalue weighted by Gasteiger charge is 2.16. The minimum atomic E-state index is 0.295. The van der Waals surface area contributed by atoms with E-state index in [-0.39, 0.29) is 0 Å². The molecule has 0 amide bonds. The van der Waals surface area contributed by atoms with Gasteiger partial charge in [-0.05, 0) is 18.2 Å². The number of fused-ring (bicyclic) bond motifs is 1. The Bertz CT molecular complexity index is 693. The van der Waals surface area contributed by atoms with E-state index in [1.54, 1.807) is 6.08 Å². The monoisotopic (exact) mass is 307 g/mol. The smallest absolute Gasteiger partial charge is 0.231 e. The second-order valence-electron chi connectivity index (χ2n) is 5.26. The van der Waals surface area contributed by atoms with Crippen LogP contribution in [0.15, 0.2) is 55.1 Å². The topological polar surface area (TPSA) is 30.9 Å². The lowest BCUT2D eigenvalue weighted by Gasteiger charge is -2.25. The predicted octanol–water partition coefficient (Wildman–Crippen LogP) is 1.89. The van der Waals surface area contributed by atoms with Crippen molar-refractivity contribution in [2.75, 3.05) is 18.2 Å². The summed E-state index contributed by atoms with van der Waals surface area (Å²) < 4.78 is 16.6. The van der Waals surface area contributed by atoms with Crippen LogP contribution in [0.3, 0.4) is 0 Å². The van der Waals surface area contributed by atoms with Gasteiger partial charge < -0.3 is 19.0 Å². The van der Waals surface area contributed by atoms with Crippen LogP contribution in [0.2, 0.25) is 0 Å². The maximum Gasteiger partial charge on any atom is 0.231 e. The molecule has 1 heterocycles. The van der Waals surface area contributed by atoms with Gasteiger partial charge in [0.05, 0.1) is 7.74 Å². The predicted molar refractivity (Wildman–Crippen MR) is 96.6 cm³/mol. The Labute approximate surface area is 138 Å². The molecule has 23 heavy (non-hydrogen) atoms. The van der Waals surface area contributed by atoms with Gasteiger partial charge in [-0.15, -0.1) is 0 Å². The molecule has 0 saturated carbocycles. The molecule has 0 bridgehead atoms. The zero-order chi connectivity index (χ0) is 16.1. The van der Waals surface area contributed by atoms with Crippen molar-refractivity contribution >= 4 is 20.7 Å². The van der Waals surface area contributed by atoms with Crippen molar-refractivity contribution in [2.45, 2.75) is 6.54 Å². The van der Waals surface area contributed by atoms with Gasteiger partial charge in [-0.1, -0.05) is 30.9 Å². The molecule has 1 aliphatic heterocycles. The highest BCUT2D eigenvalue weighted by molar-refractivity contribution is 6.91. The lowest BCUT2D eigenvalue weighted by Crippen LogP contribution is -2.27. The Morgan fingerprint density at radius 3 is 2.87 bits per heavy atom. The second-order valence-corrected chi connectivity index (χ2v) is 5.26. The van der Waals surface area contributed by atoms with Gasteiger partial charge in [0.2, 0.25) is 6.79 Å². The van der Waals surface area contributed by atoms with Crippen LogP contribution < -0.4 is 19.0 Å². The summed E-state index contributed by atoms with van der Waals surface area (Å²) in [5.41, 5.74) is 2.25. The molecule has 116 valence electrons. The van der Waals surface area contributed by atoms with E-state index < -0.39 is 0 Å². The van der Waals surface area contributed by atoms with Gasteiger partial charge in [0, 0.05) is 23.9 Å².